The van der Waals surface area contributed by atoms with Crippen LogP contribution in [0.1, 0.15) is 53.5 Å². The molecule has 0 radical (unpaired) electrons. The number of hydrogen-bond acceptors (Lipinski definition) is 4. The van der Waals surface area contributed by atoms with E-state index in [1.807, 2.05) is 49.9 Å². The van der Waals surface area contributed by atoms with Crippen molar-refractivity contribution in [2.75, 3.05) is 6.54 Å². The summed E-state index contributed by atoms with van der Waals surface area (Å²) in [6.45, 7) is 17.9. The molecule has 41 heavy (non-hydrogen) atoms. The SMILES string of the molecule is C=C[C@H](NCc1ccccc1)[C@H]1C[C@@H](O[Si](c2ccccc2)(c2ccccc2)C(C)(C)C)CN1C(=O)OC(C)(C)C. The van der Waals surface area contributed by atoms with Crippen LogP contribution in [-0.2, 0) is 15.7 Å². The molecule has 0 saturated carbocycles. The van der Waals surface area contributed by atoms with Crippen LogP contribution in [0.5, 0.6) is 0 Å². The second-order valence-corrected chi connectivity index (χ2v) is 17.2. The van der Waals surface area contributed by atoms with Crippen molar-refractivity contribution >= 4 is 24.8 Å². The lowest BCUT2D eigenvalue weighted by atomic mass is 10.0. The van der Waals surface area contributed by atoms with Crippen molar-refractivity contribution < 1.29 is 14.0 Å². The first-order valence-corrected chi connectivity index (χ1v) is 16.5. The van der Waals surface area contributed by atoms with E-state index in [0.717, 1.165) is 0 Å². The predicted molar refractivity (Wildman–Crippen MR) is 171 cm³/mol. The molecule has 5 nitrogen and oxygen atoms in total. The van der Waals surface area contributed by atoms with Gasteiger partial charge in [0.15, 0.2) is 0 Å². The summed E-state index contributed by atoms with van der Waals surface area (Å²) in [5.74, 6) is 0. The molecule has 1 fully saturated rings. The number of carbonyl (C=O) groups is 1. The standard InChI is InChI=1S/C35H46N2O3Si/c1-8-31(36-25-27-18-12-9-13-19-27)32-24-28(26-37(32)33(38)39-34(2,3)4)40-41(35(5,6)7,29-20-14-10-15-21-29)30-22-16-11-17-23-30/h8-23,28,31-32,36H,1,24-26H2,2-7H3/t28-,31+,32-/m1/s1. The van der Waals surface area contributed by atoms with Gasteiger partial charge in [0.1, 0.15) is 5.60 Å². The van der Waals surface area contributed by atoms with Crippen LogP contribution in [0.3, 0.4) is 0 Å². The Hall–Kier alpha value is -3.19. The van der Waals surface area contributed by atoms with E-state index in [0.29, 0.717) is 19.5 Å². The molecule has 218 valence electrons. The van der Waals surface area contributed by atoms with E-state index in [2.05, 4.69) is 105 Å². The fraction of sp³-hybridized carbons (Fsp3) is 0.400. The first kappa shape index (κ1) is 30.8. The second-order valence-electron chi connectivity index (χ2n) is 13.0. The Labute approximate surface area is 247 Å². The van der Waals surface area contributed by atoms with Gasteiger partial charge in [-0.1, -0.05) is 118 Å². The maximum Gasteiger partial charge on any atom is 0.410 e. The van der Waals surface area contributed by atoms with E-state index >= 15 is 0 Å². The normalized spacial score (nSPS) is 18.6. The number of likely N-dealkylation sites (tertiary alicyclic amines) is 1. The van der Waals surface area contributed by atoms with Gasteiger partial charge in [-0.2, -0.15) is 0 Å². The summed E-state index contributed by atoms with van der Waals surface area (Å²) in [5, 5.41) is 5.94. The number of hydrogen-bond donors (Lipinski definition) is 1. The van der Waals surface area contributed by atoms with Gasteiger partial charge >= 0.3 is 6.09 Å². The third kappa shape index (κ3) is 7.18. The summed E-state index contributed by atoms with van der Waals surface area (Å²) in [6, 6.07) is 31.3. The maximum absolute atomic E-state index is 13.6. The number of nitrogens with zero attached hydrogens (tertiary/aromatic N) is 1. The summed E-state index contributed by atoms with van der Waals surface area (Å²) < 4.78 is 13.4. The molecule has 0 bridgehead atoms. The summed E-state index contributed by atoms with van der Waals surface area (Å²) in [4.78, 5) is 15.5. The third-order valence-corrected chi connectivity index (χ3v) is 12.8. The highest BCUT2D eigenvalue weighted by Gasteiger charge is 2.53. The molecule has 0 unspecified atom stereocenters. The molecule has 0 spiro atoms. The number of carbonyl (C=O) groups excluding carboxylic acids is 1. The highest BCUT2D eigenvalue weighted by molar-refractivity contribution is 6.99. The first-order valence-electron chi connectivity index (χ1n) is 14.6. The van der Waals surface area contributed by atoms with Gasteiger partial charge in [-0.15, -0.1) is 6.58 Å². The zero-order chi connectivity index (χ0) is 29.7. The molecule has 1 aliphatic heterocycles. The van der Waals surface area contributed by atoms with Gasteiger partial charge in [0, 0.05) is 19.1 Å². The molecular weight excluding hydrogens is 524 g/mol. The van der Waals surface area contributed by atoms with Gasteiger partial charge in [0.2, 0.25) is 0 Å². The molecule has 1 amide bonds. The molecule has 1 aliphatic rings. The topological polar surface area (TPSA) is 50.8 Å². The molecule has 3 aromatic carbocycles. The van der Waals surface area contributed by atoms with Crippen molar-refractivity contribution in [2.24, 2.45) is 0 Å². The molecule has 4 rings (SSSR count). The second kappa shape index (κ2) is 12.8. The molecule has 3 atom stereocenters. The lowest BCUT2D eigenvalue weighted by molar-refractivity contribution is 0.0194. The Morgan fingerprint density at radius 3 is 1.90 bits per heavy atom. The van der Waals surface area contributed by atoms with Crippen molar-refractivity contribution in [3.8, 4) is 0 Å². The van der Waals surface area contributed by atoms with Gasteiger partial charge in [-0.3, -0.25) is 0 Å². The number of rotatable bonds is 9. The van der Waals surface area contributed by atoms with E-state index in [1.54, 1.807) is 0 Å². The van der Waals surface area contributed by atoms with Crippen LogP contribution in [0.25, 0.3) is 0 Å². The van der Waals surface area contributed by atoms with E-state index in [1.165, 1.54) is 15.9 Å². The Bertz CT molecular complexity index is 1230. The van der Waals surface area contributed by atoms with Gasteiger partial charge in [0.05, 0.1) is 12.1 Å². The Morgan fingerprint density at radius 2 is 1.44 bits per heavy atom. The highest BCUT2D eigenvalue weighted by Crippen LogP contribution is 2.39. The van der Waals surface area contributed by atoms with Crippen molar-refractivity contribution in [3.63, 3.8) is 0 Å². The van der Waals surface area contributed by atoms with Crippen LogP contribution >= 0.6 is 0 Å². The average Bonchev–Trinajstić information content (AvgIpc) is 3.36. The summed E-state index contributed by atoms with van der Waals surface area (Å²) in [6.07, 6.45) is 2.11. The minimum Gasteiger partial charge on any atom is -0.444 e. The van der Waals surface area contributed by atoms with Crippen LogP contribution in [0, 0.1) is 0 Å². The zero-order valence-electron chi connectivity index (χ0n) is 25.5. The minimum absolute atomic E-state index is 0.129. The molecule has 1 heterocycles. The van der Waals surface area contributed by atoms with Crippen molar-refractivity contribution in [3.05, 3.63) is 109 Å². The van der Waals surface area contributed by atoms with Gasteiger partial charge < -0.3 is 19.4 Å². The van der Waals surface area contributed by atoms with Crippen LogP contribution < -0.4 is 15.7 Å². The smallest absolute Gasteiger partial charge is 0.410 e. The van der Waals surface area contributed by atoms with E-state index < -0.39 is 13.9 Å². The predicted octanol–water partition coefficient (Wildman–Crippen LogP) is 6.29. The molecular formula is C35H46N2O3Si. The Kier molecular flexibility index (Phi) is 9.57. The molecule has 1 saturated heterocycles. The van der Waals surface area contributed by atoms with Crippen LogP contribution in [0.2, 0.25) is 5.04 Å². The van der Waals surface area contributed by atoms with Gasteiger partial charge in [0.25, 0.3) is 8.32 Å². The summed E-state index contributed by atoms with van der Waals surface area (Å²) in [5.41, 5.74) is 0.584. The van der Waals surface area contributed by atoms with Gasteiger partial charge in [-0.25, -0.2) is 4.79 Å². The molecule has 0 aromatic heterocycles. The number of ether oxygens (including phenoxy) is 1. The van der Waals surface area contributed by atoms with Crippen LogP contribution in [-0.4, -0.2) is 49.6 Å². The summed E-state index contributed by atoms with van der Waals surface area (Å²) in [7, 11) is -2.80. The molecule has 1 N–H and O–H groups in total. The van der Waals surface area contributed by atoms with Crippen molar-refractivity contribution in [1.82, 2.24) is 10.2 Å². The molecule has 0 aliphatic carbocycles. The fourth-order valence-electron chi connectivity index (χ4n) is 5.93. The van der Waals surface area contributed by atoms with Crippen molar-refractivity contribution in [2.45, 2.75) is 83.3 Å². The lowest BCUT2D eigenvalue weighted by Crippen LogP contribution is -2.67. The van der Waals surface area contributed by atoms with E-state index in [4.69, 9.17) is 9.16 Å². The quantitative estimate of drug-likeness (QED) is 0.243. The Balaban J connectivity index is 1.70. The average molecular weight is 571 g/mol. The van der Waals surface area contributed by atoms with E-state index in [-0.39, 0.29) is 29.3 Å². The van der Waals surface area contributed by atoms with E-state index in [9.17, 15) is 4.79 Å². The lowest BCUT2D eigenvalue weighted by Gasteiger charge is -2.44. The number of benzene rings is 3. The minimum atomic E-state index is -2.80. The number of nitrogens with one attached hydrogen (secondary N) is 1. The molecule has 3 aromatic rings. The third-order valence-electron chi connectivity index (χ3n) is 7.75. The van der Waals surface area contributed by atoms with Crippen molar-refractivity contribution in [1.29, 1.82) is 0 Å². The van der Waals surface area contributed by atoms with Gasteiger partial charge in [-0.05, 0) is 48.2 Å². The monoisotopic (exact) mass is 570 g/mol. The highest BCUT2D eigenvalue weighted by atomic mass is 28.4. The Morgan fingerprint density at radius 1 is 0.927 bits per heavy atom. The number of amides is 1. The fourth-order valence-corrected chi connectivity index (χ4v) is 10.6. The zero-order valence-corrected chi connectivity index (χ0v) is 26.5. The maximum atomic E-state index is 13.6. The molecule has 6 heteroatoms. The van der Waals surface area contributed by atoms with Crippen LogP contribution in [0.15, 0.2) is 104 Å². The largest absolute Gasteiger partial charge is 0.444 e. The van der Waals surface area contributed by atoms with Crippen LogP contribution in [0.4, 0.5) is 4.79 Å². The summed E-state index contributed by atoms with van der Waals surface area (Å²) >= 11 is 0. The first-order chi connectivity index (χ1) is 19.4.